The van der Waals surface area contributed by atoms with E-state index in [1.54, 1.807) is 0 Å². The summed E-state index contributed by atoms with van der Waals surface area (Å²) in [5.74, 6) is 0. The minimum atomic E-state index is 1.25. The van der Waals surface area contributed by atoms with E-state index in [4.69, 9.17) is 0 Å². The quantitative estimate of drug-likeness (QED) is 0.163. The van der Waals surface area contributed by atoms with Crippen molar-refractivity contribution in [2.24, 2.45) is 0 Å². The van der Waals surface area contributed by atoms with Crippen LogP contribution >= 0.6 is 45.2 Å². The monoisotopic (exact) mass is 686 g/mol. The van der Waals surface area contributed by atoms with E-state index in [0.29, 0.717) is 0 Å². The van der Waals surface area contributed by atoms with Gasteiger partial charge in [0.05, 0.1) is 0 Å². The van der Waals surface area contributed by atoms with Gasteiger partial charge in [0.25, 0.3) is 0 Å². The van der Waals surface area contributed by atoms with Crippen molar-refractivity contribution in [3.05, 3.63) is 127 Å². The number of rotatable bonds is 3. The van der Waals surface area contributed by atoms with Gasteiger partial charge in [-0.05, 0) is 115 Å². The molecule has 0 heterocycles. The molecule has 0 aliphatic heterocycles. The van der Waals surface area contributed by atoms with Gasteiger partial charge in [-0.25, -0.2) is 0 Å². The van der Waals surface area contributed by atoms with Crippen LogP contribution in [-0.4, -0.2) is 0 Å². The number of fused-ring (bicyclic) bond motifs is 2. The van der Waals surface area contributed by atoms with Crippen molar-refractivity contribution in [1.82, 2.24) is 0 Å². The van der Waals surface area contributed by atoms with Crippen molar-refractivity contribution in [1.29, 1.82) is 0 Å². The average molecular weight is 686 g/mol. The van der Waals surface area contributed by atoms with Gasteiger partial charge in [0.2, 0.25) is 0 Å². The van der Waals surface area contributed by atoms with Crippen LogP contribution in [0.2, 0.25) is 0 Å². The maximum atomic E-state index is 2.59. The van der Waals surface area contributed by atoms with Crippen LogP contribution in [0, 0.1) is 21.0 Å². The number of halogens is 2. The minimum absolute atomic E-state index is 1.25. The van der Waals surface area contributed by atoms with E-state index in [-0.39, 0.29) is 0 Å². The highest BCUT2D eigenvalue weighted by molar-refractivity contribution is 14.1. The molecule has 0 radical (unpaired) electrons. The van der Waals surface area contributed by atoms with E-state index in [0.717, 1.165) is 0 Å². The maximum absolute atomic E-state index is 2.59. The summed E-state index contributed by atoms with van der Waals surface area (Å²) in [6.07, 6.45) is 0. The van der Waals surface area contributed by atoms with E-state index in [1.807, 2.05) is 0 Å². The number of aryl methyl sites for hydroxylation is 2. The van der Waals surface area contributed by atoms with Gasteiger partial charge >= 0.3 is 0 Å². The molecule has 0 N–H and O–H groups in total. The molecule has 2 heteroatoms. The summed E-state index contributed by atoms with van der Waals surface area (Å²) in [4.78, 5) is 0. The summed E-state index contributed by atoms with van der Waals surface area (Å²) in [7, 11) is 0. The topological polar surface area (TPSA) is 0 Å². The Bertz CT molecular complexity index is 1620. The molecule has 174 valence electrons. The summed E-state index contributed by atoms with van der Waals surface area (Å²) in [6.45, 7) is 4.38. The van der Waals surface area contributed by atoms with Crippen LogP contribution in [0.25, 0.3) is 54.9 Å². The van der Waals surface area contributed by atoms with Crippen LogP contribution < -0.4 is 0 Å². The van der Waals surface area contributed by atoms with Crippen LogP contribution in [0.15, 0.2) is 109 Å². The molecule has 0 saturated carbocycles. The first-order valence-electron chi connectivity index (χ1n) is 12.1. The fourth-order valence-electron chi connectivity index (χ4n) is 5.11. The van der Waals surface area contributed by atoms with Gasteiger partial charge in [-0.15, -0.1) is 0 Å². The van der Waals surface area contributed by atoms with Gasteiger partial charge in [0.1, 0.15) is 0 Å². The lowest BCUT2D eigenvalue weighted by atomic mass is 9.87. The van der Waals surface area contributed by atoms with Gasteiger partial charge in [-0.3, -0.25) is 0 Å². The molecule has 0 spiro atoms. The summed E-state index contributed by atoms with van der Waals surface area (Å²) < 4.78 is 2.59. The number of benzene rings is 6. The zero-order valence-electron chi connectivity index (χ0n) is 20.1. The van der Waals surface area contributed by atoms with Gasteiger partial charge < -0.3 is 0 Å². The molecule has 0 fully saturated rings. The standard InChI is InChI=1S/C34H24I2/c1-21-13-15-25-19-29(23-9-5-3-6-10-23)33(35)31(27(25)17-21)32-28-18-22(2)14-16-26(28)20-30(34(32)36)24-11-7-4-8-12-24/h3-20H,1-2H3. The average Bonchev–Trinajstić information content (AvgIpc) is 2.90. The van der Waals surface area contributed by atoms with Crippen LogP contribution in [-0.2, 0) is 0 Å². The molecule has 36 heavy (non-hydrogen) atoms. The third-order valence-corrected chi connectivity index (χ3v) is 9.13. The first kappa shape index (κ1) is 23.7. The lowest BCUT2D eigenvalue weighted by Gasteiger charge is -2.21. The molecular weight excluding hydrogens is 662 g/mol. The van der Waals surface area contributed by atoms with E-state index in [2.05, 4.69) is 168 Å². The largest absolute Gasteiger partial charge is 0.0622 e. The maximum Gasteiger partial charge on any atom is 0.0294 e. The van der Waals surface area contributed by atoms with Crippen LogP contribution in [0.1, 0.15) is 11.1 Å². The molecule has 6 rings (SSSR count). The second-order valence-electron chi connectivity index (χ2n) is 9.41. The van der Waals surface area contributed by atoms with Crippen molar-refractivity contribution < 1.29 is 0 Å². The van der Waals surface area contributed by atoms with Gasteiger partial charge in [-0.1, -0.05) is 108 Å². The van der Waals surface area contributed by atoms with E-state index >= 15 is 0 Å². The molecule has 0 aliphatic rings. The zero-order chi connectivity index (χ0) is 24.8. The lowest BCUT2D eigenvalue weighted by molar-refractivity contribution is 1.48. The predicted molar refractivity (Wildman–Crippen MR) is 173 cm³/mol. The first-order valence-corrected chi connectivity index (χ1v) is 14.2. The van der Waals surface area contributed by atoms with Crippen LogP contribution in [0.5, 0.6) is 0 Å². The minimum Gasteiger partial charge on any atom is -0.0622 e. The van der Waals surface area contributed by atoms with Gasteiger partial charge in [-0.2, -0.15) is 0 Å². The Balaban J connectivity index is 1.81. The second-order valence-corrected chi connectivity index (χ2v) is 11.6. The highest BCUT2D eigenvalue weighted by atomic mass is 127. The zero-order valence-corrected chi connectivity index (χ0v) is 24.5. The highest BCUT2D eigenvalue weighted by Crippen LogP contribution is 2.46. The second kappa shape index (κ2) is 9.64. The van der Waals surface area contributed by atoms with Gasteiger partial charge in [0.15, 0.2) is 0 Å². The SMILES string of the molecule is Cc1ccc2cc(-c3ccccc3)c(I)c(-c3c(I)c(-c4ccccc4)cc4ccc(C)cc34)c2c1. The van der Waals surface area contributed by atoms with Crippen LogP contribution in [0.3, 0.4) is 0 Å². The molecule has 0 aromatic heterocycles. The third-order valence-electron chi connectivity index (χ3n) is 6.89. The highest BCUT2D eigenvalue weighted by Gasteiger charge is 2.21. The molecule has 6 aromatic carbocycles. The van der Waals surface area contributed by atoms with Crippen molar-refractivity contribution in [3.63, 3.8) is 0 Å². The van der Waals surface area contributed by atoms with Crippen molar-refractivity contribution in [2.45, 2.75) is 13.8 Å². The van der Waals surface area contributed by atoms with Crippen LogP contribution in [0.4, 0.5) is 0 Å². The normalized spacial score (nSPS) is 11.3. The van der Waals surface area contributed by atoms with Crippen molar-refractivity contribution >= 4 is 66.7 Å². The van der Waals surface area contributed by atoms with E-state index in [1.165, 1.54) is 73.2 Å². The molecule has 0 saturated heterocycles. The van der Waals surface area contributed by atoms with Crippen molar-refractivity contribution in [2.75, 3.05) is 0 Å². The Labute approximate surface area is 239 Å². The first-order chi connectivity index (χ1) is 17.5. The lowest BCUT2D eigenvalue weighted by Crippen LogP contribution is -1.97. The molecule has 0 amide bonds. The molecule has 0 unspecified atom stereocenters. The van der Waals surface area contributed by atoms with E-state index < -0.39 is 0 Å². The Morgan fingerprint density at radius 3 is 1.22 bits per heavy atom. The summed E-state index contributed by atoms with van der Waals surface area (Å²) in [5, 5.41) is 5.17. The Hall–Kier alpha value is -2.70. The predicted octanol–water partition coefficient (Wildman–Crippen LogP) is 10.8. The molecule has 0 aliphatic carbocycles. The Kier molecular flexibility index (Phi) is 6.34. The summed E-state index contributed by atoms with van der Waals surface area (Å²) in [5.41, 5.74) is 10.3. The molecular formula is C34H24I2. The third kappa shape index (κ3) is 4.14. The summed E-state index contributed by atoms with van der Waals surface area (Å²) >= 11 is 5.18. The van der Waals surface area contributed by atoms with Gasteiger partial charge in [0, 0.05) is 18.3 Å². The fraction of sp³-hybridized carbons (Fsp3) is 0.0588. The van der Waals surface area contributed by atoms with E-state index in [9.17, 15) is 0 Å². The molecule has 0 bridgehead atoms. The number of hydrogen-bond acceptors (Lipinski definition) is 0. The smallest absolute Gasteiger partial charge is 0.0294 e. The number of hydrogen-bond donors (Lipinski definition) is 0. The van der Waals surface area contributed by atoms with Crippen molar-refractivity contribution in [3.8, 4) is 33.4 Å². The molecule has 0 atom stereocenters. The fourth-order valence-corrected chi connectivity index (χ4v) is 7.17. The molecule has 0 nitrogen and oxygen atoms in total. The Morgan fingerprint density at radius 1 is 0.444 bits per heavy atom. The summed E-state index contributed by atoms with van der Waals surface area (Å²) in [6, 6.07) is 40.0. The Morgan fingerprint density at radius 2 is 0.833 bits per heavy atom. The molecule has 6 aromatic rings.